The van der Waals surface area contributed by atoms with Crippen LogP contribution in [0.2, 0.25) is 0 Å². The number of aromatic amines is 2. The average molecular weight is 561 g/mol. The Balaban J connectivity index is 1.32. The van der Waals surface area contributed by atoms with E-state index in [0.717, 1.165) is 85.0 Å². The molecule has 220 valence electrons. The van der Waals surface area contributed by atoms with E-state index in [1.807, 2.05) is 48.8 Å². The number of ether oxygens (including phenoxy) is 2. The molecule has 0 radical (unpaired) electrons. The number of nitrogens with zero attached hydrogens (tertiary/aromatic N) is 2. The Hall–Kier alpha value is -3.62. The van der Waals surface area contributed by atoms with Crippen molar-refractivity contribution in [3.63, 3.8) is 0 Å². The first-order valence-corrected chi connectivity index (χ1v) is 15.0. The molecule has 0 saturated carbocycles. The van der Waals surface area contributed by atoms with Crippen LogP contribution in [0.15, 0.2) is 48.8 Å². The maximum absolute atomic E-state index is 12.7. The highest BCUT2D eigenvalue weighted by Gasteiger charge is 2.16. The molecule has 0 amide bonds. The molecule has 0 aliphatic heterocycles. The molecule has 41 heavy (non-hydrogen) atoms. The lowest BCUT2D eigenvalue weighted by Crippen LogP contribution is -2.25. The molecule has 2 heterocycles. The molecule has 0 bridgehead atoms. The van der Waals surface area contributed by atoms with Crippen LogP contribution in [-0.2, 0) is 22.4 Å². The minimum atomic E-state index is -0.354. The zero-order chi connectivity index (χ0) is 29.2. The monoisotopic (exact) mass is 560 g/mol. The van der Waals surface area contributed by atoms with E-state index in [-0.39, 0.29) is 24.8 Å². The summed E-state index contributed by atoms with van der Waals surface area (Å²) in [6.45, 7) is 14.5. The molecule has 4 aromatic rings. The van der Waals surface area contributed by atoms with E-state index in [0.29, 0.717) is 17.9 Å². The fourth-order valence-corrected chi connectivity index (χ4v) is 5.36. The fourth-order valence-electron chi connectivity index (χ4n) is 5.36. The van der Waals surface area contributed by atoms with E-state index in [1.165, 1.54) is 0 Å². The van der Waals surface area contributed by atoms with E-state index in [9.17, 15) is 9.59 Å². The van der Waals surface area contributed by atoms with Gasteiger partial charge in [0.05, 0.1) is 0 Å². The second-order valence-corrected chi connectivity index (χ2v) is 10.3. The van der Waals surface area contributed by atoms with Gasteiger partial charge in [-0.2, -0.15) is 0 Å². The van der Waals surface area contributed by atoms with Crippen molar-refractivity contribution in [1.82, 2.24) is 19.8 Å². The van der Waals surface area contributed by atoms with Crippen molar-refractivity contribution in [2.45, 2.75) is 59.8 Å². The van der Waals surface area contributed by atoms with Crippen molar-refractivity contribution < 1.29 is 19.1 Å². The molecule has 8 nitrogen and oxygen atoms in total. The molecule has 2 aromatic carbocycles. The van der Waals surface area contributed by atoms with Gasteiger partial charge in [0.2, 0.25) is 0 Å². The highest BCUT2D eigenvalue weighted by atomic mass is 16.5. The molecule has 0 spiro atoms. The zero-order valence-electron chi connectivity index (χ0n) is 24.9. The van der Waals surface area contributed by atoms with Crippen molar-refractivity contribution in [3.8, 4) is 11.5 Å². The third kappa shape index (κ3) is 7.77. The van der Waals surface area contributed by atoms with Crippen LogP contribution in [0.3, 0.4) is 0 Å². The molecule has 4 rings (SSSR count). The fraction of sp³-hybridized carbons (Fsp3) is 0.455. The number of rotatable bonds is 16. The normalized spacial score (nSPS) is 11.7. The lowest BCUT2D eigenvalue weighted by atomic mass is 10.1. The van der Waals surface area contributed by atoms with Gasteiger partial charge in [-0.05, 0) is 80.8 Å². The largest absolute Gasteiger partial charge is 0.426 e. The van der Waals surface area contributed by atoms with Gasteiger partial charge in [0, 0.05) is 60.1 Å². The van der Waals surface area contributed by atoms with Gasteiger partial charge < -0.3 is 29.2 Å². The smallest absolute Gasteiger partial charge is 0.311 e. The molecule has 2 N–H and O–H groups in total. The summed E-state index contributed by atoms with van der Waals surface area (Å²) in [7, 11) is 0. The van der Waals surface area contributed by atoms with Crippen molar-refractivity contribution >= 4 is 33.7 Å². The number of benzene rings is 2. The topological polar surface area (TPSA) is 90.7 Å². The number of likely N-dealkylation sites (N-methyl/N-ethyl adjacent to an activating group) is 2. The number of esters is 2. The van der Waals surface area contributed by atoms with Gasteiger partial charge in [-0.3, -0.25) is 9.59 Å². The Bertz CT molecular complexity index is 1320. The summed E-state index contributed by atoms with van der Waals surface area (Å²) in [5.74, 6) is 0.407. The maximum Gasteiger partial charge on any atom is 0.311 e. The molecule has 2 aromatic heterocycles. The summed E-state index contributed by atoms with van der Waals surface area (Å²) in [4.78, 5) is 36.8. The van der Waals surface area contributed by atoms with Gasteiger partial charge >= 0.3 is 11.9 Å². The number of hydrogen-bond acceptors (Lipinski definition) is 6. The summed E-state index contributed by atoms with van der Waals surface area (Å²) in [6, 6.07) is 11.4. The lowest BCUT2D eigenvalue weighted by Gasteiger charge is -2.17. The van der Waals surface area contributed by atoms with Gasteiger partial charge in [0.1, 0.15) is 11.5 Å². The summed E-state index contributed by atoms with van der Waals surface area (Å²) >= 11 is 0. The highest BCUT2D eigenvalue weighted by Crippen LogP contribution is 2.31. The molecule has 0 saturated heterocycles. The van der Waals surface area contributed by atoms with Gasteiger partial charge in [0.15, 0.2) is 0 Å². The van der Waals surface area contributed by atoms with Crippen LogP contribution in [0.1, 0.15) is 58.1 Å². The Morgan fingerprint density at radius 1 is 0.659 bits per heavy atom. The van der Waals surface area contributed by atoms with Crippen LogP contribution in [0.25, 0.3) is 21.8 Å². The predicted octanol–water partition coefficient (Wildman–Crippen LogP) is 6.10. The molecule has 8 heteroatoms. The predicted molar refractivity (Wildman–Crippen MR) is 165 cm³/mol. The Labute approximate surface area is 243 Å². The number of H-pyrrole nitrogens is 2. The van der Waals surface area contributed by atoms with Gasteiger partial charge in [-0.25, -0.2) is 0 Å². The maximum atomic E-state index is 12.7. The van der Waals surface area contributed by atoms with Crippen LogP contribution < -0.4 is 9.47 Å². The highest BCUT2D eigenvalue weighted by molar-refractivity contribution is 5.92. The first-order valence-electron chi connectivity index (χ1n) is 15.0. The first-order chi connectivity index (χ1) is 20.0. The second kappa shape index (κ2) is 14.8. The average Bonchev–Trinajstić information content (AvgIpc) is 3.59. The standard InChI is InChI=1S/C33H44N4O4/c1-5-36(6-2)20-18-24-22-34-26-12-9-14-28(32(24)26)40-30(38)16-11-17-31(39)41-29-15-10-13-27-33(29)25(23-35-27)19-21-37(7-3)8-4/h9-10,12-15,22-23,34-35H,5-8,11,16-21H2,1-4H3. The number of carbonyl (C=O) groups excluding carboxylic acids is 2. The minimum Gasteiger partial charge on any atom is -0.426 e. The number of hydrogen-bond donors (Lipinski definition) is 2. The summed E-state index contributed by atoms with van der Waals surface area (Å²) in [5.41, 5.74) is 4.16. The molecule has 0 atom stereocenters. The summed E-state index contributed by atoms with van der Waals surface area (Å²) < 4.78 is 11.6. The SMILES string of the molecule is CCN(CC)CCc1c[nH]c2cccc(OC(=O)CCCC(=O)Oc3cccc4[nH]cc(CCN(CC)CC)c34)c12. The molecule has 0 fully saturated rings. The Morgan fingerprint density at radius 2 is 1.07 bits per heavy atom. The van der Waals surface area contributed by atoms with E-state index in [4.69, 9.17) is 9.47 Å². The molecular weight excluding hydrogens is 516 g/mol. The number of nitrogens with one attached hydrogen (secondary N) is 2. The van der Waals surface area contributed by atoms with Gasteiger partial charge in [-0.1, -0.05) is 39.8 Å². The first kappa shape index (κ1) is 30.3. The van der Waals surface area contributed by atoms with Crippen LogP contribution in [0.5, 0.6) is 11.5 Å². The molecule has 0 aliphatic rings. The van der Waals surface area contributed by atoms with Crippen molar-refractivity contribution in [2.24, 2.45) is 0 Å². The molecule has 0 unspecified atom stereocenters. The third-order valence-corrected chi connectivity index (χ3v) is 7.89. The molecule has 0 aliphatic carbocycles. The van der Waals surface area contributed by atoms with E-state index < -0.39 is 0 Å². The van der Waals surface area contributed by atoms with E-state index in [1.54, 1.807) is 0 Å². The second-order valence-electron chi connectivity index (χ2n) is 10.3. The lowest BCUT2D eigenvalue weighted by molar-refractivity contribution is -0.135. The van der Waals surface area contributed by atoms with Crippen LogP contribution >= 0.6 is 0 Å². The van der Waals surface area contributed by atoms with Gasteiger partial charge in [0.25, 0.3) is 0 Å². The van der Waals surface area contributed by atoms with E-state index >= 15 is 0 Å². The van der Waals surface area contributed by atoms with Crippen LogP contribution in [-0.4, -0.2) is 71.0 Å². The number of aromatic nitrogens is 2. The van der Waals surface area contributed by atoms with E-state index in [2.05, 4.69) is 47.5 Å². The Kier molecular flexibility index (Phi) is 11.0. The Morgan fingerprint density at radius 3 is 1.46 bits per heavy atom. The summed E-state index contributed by atoms with van der Waals surface area (Å²) in [6.07, 6.45) is 6.36. The van der Waals surface area contributed by atoms with Crippen molar-refractivity contribution in [1.29, 1.82) is 0 Å². The third-order valence-electron chi connectivity index (χ3n) is 7.89. The van der Waals surface area contributed by atoms with Gasteiger partial charge in [-0.15, -0.1) is 0 Å². The number of fused-ring (bicyclic) bond motifs is 2. The van der Waals surface area contributed by atoms with Crippen LogP contribution in [0.4, 0.5) is 0 Å². The number of carbonyl (C=O) groups is 2. The minimum absolute atomic E-state index is 0.133. The molecular formula is C33H44N4O4. The summed E-state index contributed by atoms with van der Waals surface area (Å²) in [5, 5.41) is 1.90. The quantitative estimate of drug-likeness (QED) is 0.127. The van der Waals surface area contributed by atoms with Crippen molar-refractivity contribution in [3.05, 3.63) is 59.9 Å². The zero-order valence-corrected chi connectivity index (χ0v) is 24.9. The van der Waals surface area contributed by atoms with Crippen LogP contribution in [0, 0.1) is 0 Å². The van der Waals surface area contributed by atoms with Crippen molar-refractivity contribution in [2.75, 3.05) is 39.3 Å².